The first kappa shape index (κ1) is 31.7. The molecule has 1 atom stereocenters. The van der Waals surface area contributed by atoms with Gasteiger partial charge in [-0.2, -0.15) is 0 Å². The predicted octanol–water partition coefficient (Wildman–Crippen LogP) is 7.81. The first-order chi connectivity index (χ1) is 18.7. The number of amides is 1. The van der Waals surface area contributed by atoms with Crippen molar-refractivity contribution in [3.63, 3.8) is 0 Å². The van der Waals surface area contributed by atoms with Crippen molar-refractivity contribution in [1.82, 2.24) is 10.3 Å². The van der Waals surface area contributed by atoms with E-state index in [-0.39, 0.29) is 17.1 Å². The van der Waals surface area contributed by atoms with Crippen LogP contribution in [0.25, 0.3) is 6.08 Å². The topological polar surface area (TPSA) is 59.1 Å². The Bertz CT molecular complexity index is 1150. The Morgan fingerprint density at radius 1 is 0.897 bits per heavy atom. The van der Waals surface area contributed by atoms with Gasteiger partial charge in [-0.25, -0.2) is 0 Å². The Labute approximate surface area is 236 Å². The molecule has 4 nitrogen and oxygen atoms in total. The number of hydrogen-bond acceptors (Lipinski definition) is 3. The Hall–Kier alpha value is -3.53. The first-order valence-electron chi connectivity index (χ1n) is 14.2. The Morgan fingerprint density at radius 3 is 2.21 bits per heavy atom. The molecule has 208 valence electrons. The molecular weight excluding hydrogens is 480 g/mol. The molecular formula is C35H46N2O2. The number of allylic oxidation sites excluding steroid dienone is 1. The minimum Gasteiger partial charge on any atom is -0.346 e. The quantitative estimate of drug-likeness (QED) is 0.247. The number of ketones is 1. The van der Waals surface area contributed by atoms with Gasteiger partial charge in [-0.05, 0) is 78.8 Å². The van der Waals surface area contributed by atoms with Gasteiger partial charge in [-0.15, -0.1) is 0 Å². The smallest absolute Gasteiger partial charge is 0.221 e. The summed E-state index contributed by atoms with van der Waals surface area (Å²) in [5, 5.41) is 2.87. The van der Waals surface area contributed by atoms with Gasteiger partial charge >= 0.3 is 0 Å². The largest absolute Gasteiger partial charge is 0.346 e. The van der Waals surface area contributed by atoms with E-state index in [1.165, 1.54) is 30.0 Å². The van der Waals surface area contributed by atoms with Crippen molar-refractivity contribution < 1.29 is 9.59 Å². The predicted molar refractivity (Wildman–Crippen MR) is 163 cm³/mol. The van der Waals surface area contributed by atoms with Crippen molar-refractivity contribution in [2.24, 2.45) is 5.41 Å². The summed E-state index contributed by atoms with van der Waals surface area (Å²) in [6.07, 6.45) is 14.6. The molecule has 2 aromatic carbocycles. The molecule has 39 heavy (non-hydrogen) atoms. The second-order valence-corrected chi connectivity index (χ2v) is 10.9. The average Bonchev–Trinajstić information content (AvgIpc) is 2.93. The molecule has 0 saturated carbocycles. The van der Waals surface area contributed by atoms with Crippen molar-refractivity contribution in [2.75, 3.05) is 0 Å². The molecule has 3 rings (SSSR count). The molecule has 1 N–H and O–H groups in total. The van der Waals surface area contributed by atoms with Crippen LogP contribution in [0.2, 0.25) is 0 Å². The summed E-state index contributed by atoms with van der Waals surface area (Å²) in [6, 6.07) is 22.3. The van der Waals surface area contributed by atoms with E-state index in [2.05, 4.69) is 86.5 Å². The molecule has 1 heterocycles. The number of pyridine rings is 1. The molecule has 0 bridgehead atoms. The third-order valence-electron chi connectivity index (χ3n) is 6.88. The number of hydrogen-bond donors (Lipinski definition) is 1. The van der Waals surface area contributed by atoms with Crippen LogP contribution in [0.1, 0.15) is 82.6 Å². The minimum atomic E-state index is -0.433. The SMILES string of the molecule is CC/C=C\c1cccc(CCCc2ccncc2)c1.CCC(C)(C)CC(=O)N[C@H](Cc1ccccc1)C(C)=O. The lowest BCUT2D eigenvalue weighted by Crippen LogP contribution is -2.42. The van der Waals surface area contributed by atoms with E-state index < -0.39 is 6.04 Å². The number of aromatic nitrogens is 1. The van der Waals surface area contributed by atoms with E-state index in [4.69, 9.17) is 0 Å². The maximum Gasteiger partial charge on any atom is 0.221 e. The monoisotopic (exact) mass is 526 g/mol. The highest BCUT2D eigenvalue weighted by molar-refractivity contribution is 5.87. The summed E-state index contributed by atoms with van der Waals surface area (Å²) < 4.78 is 0. The molecule has 0 aliphatic rings. The van der Waals surface area contributed by atoms with Crippen LogP contribution in [-0.2, 0) is 28.9 Å². The molecule has 4 heteroatoms. The molecule has 3 aromatic rings. The van der Waals surface area contributed by atoms with E-state index in [1.807, 2.05) is 42.7 Å². The maximum atomic E-state index is 12.1. The maximum absolute atomic E-state index is 12.1. The number of rotatable bonds is 13. The number of Topliss-reactive ketones (excluding diaryl/α,β-unsaturated/α-hetero) is 1. The normalized spacial score (nSPS) is 11.9. The average molecular weight is 527 g/mol. The molecule has 1 aromatic heterocycles. The fraction of sp³-hybridized carbons (Fsp3) is 0.400. The van der Waals surface area contributed by atoms with Crippen LogP contribution < -0.4 is 5.32 Å². The van der Waals surface area contributed by atoms with Gasteiger partial charge in [-0.3, -0.25) is 14.6 Å². The number of nitrogens with zero attached hydrogens (tertiary/aromatic N) is 1. The molecule has 0 fully saturated rings. The number of carbonyl (C=O) groups is 2. The minimum absolute atomic E-state index is 0.00323. The van der Waals surface area contributed by atoms with Gasteiger partial charge in [0.15, 0.2) is 5.78 Å². The summed E-state index contributed by atoms with van der Waals surface area (Å²) in [6.45, 7) is 9.88. The van der Waals surface area contributed by atoms with Gasteiger partial charge in [0.25, 0.3) is 0 Å². The Balaban J connectivity index is 0.000000274. The third kappa shape index (κ3) is 13.2. The molecule has 1 amide bonds. The molecule has 0 aliphatic heterocycles. The summed E-state index contributed by atoms with van der Waals surface area (Å²) in [5.41, 5.74) is 5.13. The van der Waals surface area contributed by atoms with Gasteiger partial charge in [0.2, 0.25) is 5.91 Å². The molecule has 0 saturated heterocycles. The summed E-state index contributed by atoms with van der Waals surface area (Å²) in [4.78, 5) is 27.8. The third-order valence-corrected chi connectivity index (χ3v) is 6.88. The lowest BCUT2D eigenvalue weighted by Gasteiger charge is -2.23. The van der Waals surface area contributed by atoms with E-state index >= 15 is 0 Å². The zero-order valence-electron chi connectivity index (χ0n) is 24.5. The van der Waals surface area contributed by atoms with Crippen molar-refractivity contribution in [3.05, 3.63) is 107 Å². The highest BCUT2D eigenvalue weighted by Gasteiger charge is 2.23. The lowest BCUT2D eigenvalue weighted by molar-refractivity contribution is -0.128. The number of nitrogens with one attached hydrogen (secondary N) is 1. The van der Waals surface area contributed by atoms with Gasteiger partial charge < -0.3 is 5.32 Å². The molecule has 0 unspecified atom stereocenters. The van der Waals surface area contributed by atoms with Crippen LogP contribution >= 0.6 is 0 Å². The highest BCUT2D eigenvalue weighted by Crippen LogP contribution is 2.24. The van der Waals surface area contributed by atoms with Crippen LogP contribution in [-0.4, -0.2) is 22.7 Å². The van der Waals surface area contributed by atoms with Gasteiger partial charge in [0.05, 0.1) is 6.04 Å². The van der Waals surface area contributed by atoms with Crippen molar-refractivity contribution in [3.8, 4) is 0 Å². The second kappa shape index (κ2) is 17.1. The summed E-state index contributed by atoms with van der Waals surface area (Å²) in [7, 11) is 0. The van der Waals surface area contributed by atoms with Crippen LogP contribution in [0.5, 0.6) is 0 Å². The zero-order chi connectivity index (χ0) is 28.5. The number of carbonyl (C=O) groups excluding carboxylic acids is 2. The van der Waals surface area contributed by atoms with Crippen LogP contribution in [0.4, 0.5) is 0 Å². The van der Waals surface area contributed by atoms with Crippen molar-refractivity contribution in [2.45, 2.75) is 85.6 Å². The summed E-state index contributed by atoms with van der Waals surface area (Å²) >= 11 is 0. The molecule has 0 radical (unpaired) electrons. The van der Waals surface area contributed by atoms with Gasteiger partial charge in [-0.1, -0.05) is 101 Å². The fourth-order valence-corrected chi connectivity index (χ4v) is 4.10. The Morgan fingerprint density at radius 2 is 1.56 bits per heavy atom. The molecule has 0 spiro atoms. The van der Waals surface area contributed by atoms with Gasteiger partial charge in [0, 0.05) is 18.8 Å². The Kier molecular flexibility index (Phi) is 13.9. The van der Waals surface area contributed by atoms with E-state index in [9.17, 15) is 9.59 Å². The van der Waals surface area contributed by atoms with E-state index in [1.54, 1.807) is 0 Å². The number of aryl methyl sites for hydroxylation is 2. The van der Waals surface area contributed by atoms with E-state index in [0.29, 0.717) is 12.8 Å². The highest BCUT2D eigenvalue weighted by atomic mass is 16.2. The first-order valence-corrected chi connectivity index (χ1v) is 14.2. The van der Waals surface area contributed by atoms with Crippen LogP contribution in [0.3, 0.4) is 0 Å². The standard InChI is InChI=1S/C18H21N.C17H25NO2/c1-2-3-6-17-9-5-10-18(15-17)8-4-7-16-11-13-19-14-12-16;1-5-17(3,4)12-16(20)18-15(13(2)19)11-14-9-7-6-8-10-14/h3,5-6,9-15H,2,4,7-8H2,1H3;6-10,15H,5,11-12H2,1-4H3,(H,18,20)/b6-3-;/t;15-/m.1/s1. The fourth-order valence-electron chi connectivity index (χ4n) is 4.10. The molecule has 0 aliphatic carbocycles. The summed E-state index contributed by atoms with van der Waals surface area (Å²) in [5.74, 6) is -0.0514. The van der Waals surface area contributed by atoms with E-state index in [0.717, 1.165) is 31.2 Å². The van der Waals surface area contributed by atoms with Crippen molar-refractivity contribution in [1.29, 1.82) is 0 Å². The van der Waals surface area contributed by atoms with Crippen LogP contribution in [0.15, 0.2) is 85.2 Å². The second-order valence-electron chi connectivity index (χ2n) is 10.9. The van der Waals surface area contributed by atoms with Gasteiger partial charge in [0.1, 0.15) is 0 Å². The lowest BCUT2D eigenvalue weighted by atomic mass is 9.86. The number of benzene rings is 2. The van der Waals surface area contributed by atoms with Crippen molar-refractivity contribution >= 4 is 17.8 Å². The zero-order valence-corrected chi connectivity index (χ0v) is 24.5. The van der Waals surface area contributed by atoms with Crippen LogP contribution in [0, 0.1) is 5.41 Å².